The van der Waals surface area contributed by atoms with Gasteiger partial charge < -0.3 is 5.73 Å². The van der Waals surface area contributed by atoms with Crippen LogP contribution in [0.4, 0.5) is 0 Å². The number of nitrogens with zero attached hydrogens (tertiary/aromatic N) is 1. The van der Waals surface area contributed by atoms with E-state index in [0.717, 1.165) is 22.4 Å². The van der Waals surface area contributed by atoms with Gasteiger partial charge in [-0.1, -0.05) is 11.6 Å². The van der Waals surface area contributed by atoms with Crippen molar-refractivity contribution in [2.45, 2.75) is 31.2 Å². The van der Waals surface area contributed by atoms with Crippen LogP contribution in [0.2, 0.25) is 5.02 Å². The van der Waals surface area contributed by atoms with Crippen molar-refractivity contribution < 1.29 is 0 Å². The van der Waals surface area contributed by atoms with Crippen LogP contribution in [0.25, 0.3) is 10.2 Å². The molecule has 0 spiro atoms. The Morgan fingerprint density at radius 1 is 1.28 bits per heavy atom. The van der Waals surface area contributed by atoms with Gasteiger partial charge in [-0.05, 0) is 49.3 Å². The molecule has 4 atom stereocenters. The van der Waals surface area contributed by atoms with Crippen LogP contribution < -0.4 is 5.73 Å². The Labute approximate surface area is 115 Å². The minimum atomic E-state index is 0.319. The molecule has 2 aliphatic rings. The summed E-state index contributed by atoms with van der Waals surface area (Å²) in [4.78, 5) is 4.78. The van der Waals surface area contributed by atoms with Crippen molar-refractivity contribution in [1.29, 1.82) is 0 Å². The highest BCUT2D eigenvalue weighted by Gasteiger charge is 2.47. The summed E-state index contributed by atoms with van der Waals surface area (Å²) < 4.78 is 1.19. The number of aromatic nitrogens is 1. The zero-order valence-electron chi connectivity index (χ0n) is 9.97. The molecule has 18 heavy (non-hydrogen) atoms. The molecule has 94 valence electrons. The van der Waals surface area contributed by atoms with Gasteiger partial charge in [-0.2, -0.15) is 0 Å². The number of halogens is 1. The molecular formula is C14H15ClN2S. The first kappa shape index (κ1) is 11.2. The van der Waals surface area contributed by atoms with Crippen molar-refractivity contribution in [1.82, 2.24) is 4.98 Å². The molecule has 0 saturated heterocycles. The van der Waals surface area contributed by atoms with E-state index in [1.807, 2.05) is 18.2 Å². The second-order valence-electron chi connectivity index (χ2n) is 5.60. The normalized spacial score (nSPS) is 34.6. The van der Waals surface area contributed by atoms with Crippen LogP contribution in [0.5, 0.6) is 0 Å². The fraction of sp³-hybridized carbons (Fsp3) is 0.500. The minimum absolute atomic E-state index is 0.319. The lowest BCUT2D eigenvalue weighted by atomic mass is 9.85. The molecule has 4 heteroatoms. The first-order chi connectivity index (χ1) is 8.72. The zero-order valence-corrected chi connectivity index (χ0v) is 11.5. The maximum Gasteiger partial charge on any atom is 0.0987 e. The van der Waals surface area contributed by atoms with Crippen molar-refractivity contribution in [3.63, 3.8) is 0 Å². The maximum absolute atomic E-state index is 6.39. The number of benzene rings is 1. The second kappa shape index (κ2) is 3.92. The molecule has 2 aliphatic carbocycles. The van der Waals surface area contributed by atoms with Gasteiger partial charge in [-0.15, -0.1) is 11.3 Å². The molecule has 2 aromatic rings. The lowest BCUT2D eigenvalue weighted by Crippen LogP contribution is -2.33. The summed E-state index contributed by atoms with van der Waals surface area (Å²) in [6.45, 7) is 0. The van der Waals surface area contributed by atoms with Gasteiger partial charge in [0.05, 0.1) is 15.2 Å². The van der Waals surface area contributed by atoms with E-state index in [0.29, 0.717) is 12.0 Å². The fourth-order valence-corrected chi connectivity index (χ4v) is 5.26. The van der Waals surface area contributed by atoms with Crippen molar-refractivity contribution in [3.8, 4) is 0 Å². The molecule has 1 aromatic carbocycles. The van der Waals surface area contributed by atoms with Crippen molar-refractivity contribution in [3.05, 3.63) is 28.2 Å². The Balaban J connectivity index is 1.78. The second-order valence-corrected chi connectivity index (χ2v) is 7.10. The van der Waals surface area contributed by atoms with E-state index in [9.17, 15) is 0 Å². The van der Waals surface area contributed by atoms with Crippen molar-refractivity contribution in [2.75, 3.05) is 0 Å². The summed E-state index contributed by atoms with van der Waals surface area (Å²) >= 11 is 7.81. The van der Waals surface area contributed by atoms with Crippen LogP contribution in [-0.4, -0.2) is 11.0 Å². The number of nitrogens with two attached hydrogens (primary N) is 1. The molecule has 2 fully saturated rings. The number of hydrogen-bond donors (Lipinski definition) is 1. The number of thiazole rings is 1. The van der Waals surface area contributed by atoms with E-state index in [4.69, 9.17) is 22.3 Å². The van der Waals surface area contributed by atoms with E-state index < -0.39 is 0 Å². The molecule has 0 aliphatic heterocycles. The first-order valence-corrected chi connectivity index (χ1v) is 7.73. The molecule has 4 unspecified atom stereocenters. The van der Waals surface area contributed by atoms with Crippen LogP contribution in [-0.2, 0) is 0 Å². The molecular weight excluding hydrogens is 264 g/mol. The molecule has 4 rings (SSSR count). The molecule has 0 amide bonds. The van der Waals surface area contributed by atoms with Crippen molar-refractivity contribution >= 4 is 33.2 Å². The Kier molecular flexibility index (Phi) is 2.44. The fourth-order valence-electron chi connectivity index (χ4n) is 3.76. The summed E-state index contributed by atoms with van der Waals surface area (Å²) in [5.74, 6) is 1.98. The van der Waals surface area contributed by atoms with Gasteiger partial charge in [0, 0.05) is 17.0 Å². The van der Waals surface area contributed by atoms with Crippen molar-refractivity contribution in [2.24, 2.45) is 17.6 Å². The Morgan fingerprint density at radius 3 is 2.89 bits per heavy atom. The predicted octanol–water partition coefficient (Wildman–Crippen LogP) is 3.79. The van der Waals surface area contributed by atoms with E-state index in [1.165, 1.54) is 29.0 Å². The van der Waals surface area contributed by atoms with Gasteiger partial charge in [-0.3, -0.25) is 0 Å². The molecule has 2 N–H and O–H groups in total. The lowest BCUT2D eigenvalue weighted by Gasteiger charge is -2.26. The van der Waals surface area contributed by atoms with Gasteiger partial charge in [0.2, 0.25) is 0 Å². The highest BCUT2D eigenvalue weighted by Crippen LogP contribution is 2.53. The average Bonchev–Trinajstić information content (AvgIpc) is 3.00. The molecule has 2 saturated carbocycles. The number of rotatable bonds is 1. The maximum atomic E-state index is 6.39. The van der Waals surface area contributed by atoms with E-state index in [2.05, 4.69) is 0 Å². The summed E-state index contributed by atoms with van der Waals surface area (Å²) in [6.07, 6.45) is 3.96. The number of hydrogen-bond acceptors (Lipinski definition) is 3. The minimum Gasteiger partial charge on any atom is -0.327 e. The highest BCUT2D eigenvalue weighted by molar-refractivity contribution is 7.18. The monoisotopic (exact) mass is 278 g/mol. The van der Waals surface area contributed by atoms with Crippen LogP contribution in [0.15, 0.2) is 18.2 Å². The molecule has 2 nitrogen and oxygen atoms in total. The largest absolute Gasteiger partial charge is 0.327 e. The van der Waals surface area contributed by atoms with E-state index in [1.54, 1.807) is 11.3 Å². The van der Waals surface area contributed by atoms with Crippen LogP contribution in [0, 0.1) is 11.8 Å². The van der Waals surface area contributed by atoms with E-state index >= 15 is 0 Å². The summed E-state index contributed by atoms with van der Waals surface area (Å²) in [5, 5.41) is 2.02. The quantitative estimate of drug-likeness (QED) is 0.862. The third-order valence-electron chi connectivity index (χ3n) is 4.63. The highest BCUT2D eigenvalue weighted by atomic mass is 35.5. The zero-order chi connectivity index (χ0) is 12.3. The van der Waals surface area contributed by atoms with Gasteiger partial charge in [0.15, 0.2) is 0 Å². The first-order valence-electron chi connectivity index (χ1n) is 6.54. The predicted molar refractivity (Wildman–Crippen MR) is 76.2 cm³/mol. The standard InChI is InChI=1S/C14H15ClN2S/c15-9-3-4-10-11(6-9)18-14(17-10)12-7-1-2-8(5-7)13(12)16/h3-4,6-8,12-13H,1-2,5,16H2. The summed E-state index contributed by atoms with van der Waals surface area (Å²) in [6, 6.07) is 6.25. The summed E-state index contributed by atoms with van der Waals surface area (Å²) in [5.41, 5.74) is 7.45. The average molecular weight is 279 g/mol. The SMILES string of the molecule is NC1C2CCC(C2)C1c1nc2ccc(Cl)cc2s1. The Hall–Kier alpha value is -0.640. The molecule has 1 aromatic heterocycles. The lowest BCUT2D eigenvalue weighted by molar-refractivity contribution is 0.365. The van der Waals surface area contributed by atoms with Crippen LogP contribution in [0.1, 0.15) is 30.2 Å². The smallest absolute Gasteiger partial charge is 0.0987 e. The molecule has 1 heterocycles. The van der Waals surface area contributed by atoms with Gasteiger partial charge >= 0.3 is 0 Å². The third kappa shape index (κ3) is 1.54. The number of fused-ring (bicyclic) bond motifs is 3. The van der Waals surface area contributed by atoms with Gasteiger partial charge in [0.1, 0.15) is 0 Å². The Morgan fingerprint density at radius 2 is 2.11 bits per heavy atom. The third-order valence-corrected chi connectivity index (χ3v) is 5.99. The van der Waals surface area contributed by atoms with Crippen LogP contribution >= 0.6 is 22.9 Å². The topological polar surface area (TPSA) is 38.9 Å². The molecule has 0 radical (unpaired) electrons. The Bertz CT molecular complexity index is 607. The van der Waals surface area contributed by atoms with E-state index in [-0.39, 0.29) is 0 Å². The van der Waals surface area contributed by atoms with Gasteiger partial charge in [0.25, 0.3) is 0 Å². The van der Waals surface area contributed by atoms with Crippen LogP contribution in [0.3, 0.4) is 0 Å². The van der Waals surface area contributed by atoms with Gasteiger partial charge in [-0.25, -0.2) is 4.98 Å². The summed E-state index contributed by atoms with van der Waals surface area (Å²) in [7, 11) is 0. The molecule has 2 bridgehead atoms.